The standard InChI is InChI=1S/C19H20N2O6S/c1-14-5-10-17(28(25,26)20-11-3-2-4-12-20)13-18(14)19(22)27-16-8-6-15(7-9-16)21(23)24/h5-10,13H,2-4,11-12H2,1H3. The highest BCUT2D eigenvalue weighted by molar-refractivity contribution is 7.89. The Hall–Kier alpha value is -2.78. The average molecular weight is 404 g/mol. The van der Waals surface area contributed by atoms with Gasteiger partial charge in [-0.3, -0.25) is 10.1 Å². The van der Waals surface area contributed by atoms with Gasteiger partial charge in [-0.2, -0.15) is 4.31 Å². The van der Waals surface area contributed by atoms with Crippen LogP contribution in [0.25, 0.3) is 0 Å². The van der Waals surface area contributed by atoms with E-state index < -0.39 is 20.9 Å². The van der Waals surface area contributed by atoms with Crippen LogP contribution in [0.3, 0.4) is 0 Å². The number of non-ortho nitro benzene ring substituents is 1. The number of piperidine rings is 1. The maximum atomic E-state index is 12.8. The molecule has 0 amide bonds. The summed E-state index contributed by atoms with van der Waals surface area (Å²) in [5.41, 5.74) is 0.589. The average Bonchev–Trinajstić information content (AvgIpc) is 2.69. The minimum absolute atomic E-state index is 0.0515. The number of carbonyl (C=O) groups excluding carboxylic acids is 1. The highest BCUT2D eigenvalue weighted by Crippen LogP contribution is 2.24. The van der Waals surface area contributed by atoms with Crippen molar-refractivity contribution in [1.29, 1.82) is 0 Å². The molecule has 0 saturated carbocycles. The number of rotatable bonds is 5. The summed E-state index contributed by atoms with van der Waals surface area (Å²) >= 11 is 0. The van der Waals surface area contributed by atoms with Crippen LogP contribution in [-0.2, 0) is 10.0 Å². The Kier molecular flexibility index (Phi) is 5.76. The van der Waals surface area contributed by atoms with Crippen LogP contribution < -0.4 is 4.74 Å². The first-order valence-corrected chi connectivity index (χ1v) is 10.3. The maximum absolute atomic E-state index is 12.8. The number of hydrogen-bond acceptors (Lipinski definition) is 6. The zero-order chi connectivity index (χ0) is 20.3. The normalized spacial score (nSPS) is 15.2. The van der Waals surface area contributed by atoms with Crippen LogP contribution in [0.2, 0.25) is 0 Å². The van der Waals surface area contributed by atoms with Crippen molar-refractivity contribution in [1.82, 2.24) is 4.31 Å². The highest BCUT2D eigenvalue weighted by atomic mass is 32.2. The van der Waals surface area contributed by atoms with E-state index in [-0.39, 0.29) is 21.9 Å². The van der Waals surface area contributed by atoms with Gasteiger partial charge < -0.3 is 4.74 Å². The molecular formula is C19H20N2O6S. The molecule has 28 heavy (non-hydrogen) atoms. The van der Waals surface area contributed by atoms with E-state index in [2.05, 4.69) is 0 Å². The Bertz CT molecular complexity index is 996. The molecule has 1 fully saturated rings. The SMILES string of the molecule is Cc1ccc(S(=O)(=O)N2CCCCC2)cc1C(=O)Oc1ccc([N+](=O)[O-])cc1. The van der Waals surface area contributed by atoms with E-state index in [1.165, 1.54) is 40.7 Å². The molecule has 1 aliphatic rings. The van der Waals surface area contributed by atoms with Gasteiger partial charge in [0.1, 0.15) is 5.75 Å². The largest absolute Gasteiger partial charge is 0.423 e. The first-order valence-electron chi connectivity index (χ1n) is 8.86. The molecule has 8 nitrogen and oxygen atoms in total. The van der Waals surface area contributed by atoms with E-state index in [1.807, 2.05) is 0 Å². The lowest BCUT2D eigenvalue weighted by Gasteiger charge is -2.26. The zero-order valence-corrected chi connectivity index (χ0v) is 16.1. The lowest BCUT2D eigenvalue weighted by atomic mass is 10.1. The molecule has 1 heterocycles. The lowest BCUT2D eigenvalue weighted by Crippen LogP contribution is -2.35. The Morgan fingerprint density at radius 3 is 2.32 bits per heavy atom. The smallest absolute Gasteiger partial charge is 0.343 e. The molecule has 148 valence electrons. The molecule has 0 radical (unpaired) electrons. The summed E-state index contributed by atoms with van der Waals surface area (Å²) in [5, 5.41) is 10.7. The third kappa shape index (κ3) is 4.20. The van der Waals surface area contributed by atoms with Gasteiger partial charge in [-0.25, -0.2) is 13.2 Å². The molecule has 0 aromatic heterocycles. The lowest BCUT2D eigenvalue weighted by molar-refractivity contribution is -0.384. The summed E-state index contributed by atoms with van der Waals surface area (Å²) in [6.07, 6.45) is 2.65. The Morgan fingerprint density at radius 1 is 1.07 bits per heavy atom. The number of sulfonamides is 1. The minimum atomic E-state index is -3.67. The van der Waals surface area contributed by atoms with Crippen LogP contribution in [0.4, 0.5) is 5.69 Å². The van der Waals surface area contributed by atoms with Gasteiger partial charge in [0.15, 0.2) is 0 Å². The van der Waals surface area contributed by atoms with Gasteiger partial charge in [-0.15, -0.1) is 0 Å². The van der Waals surface area contributed by atoms with E-state index in [1.54, 1.807) is 13.0 Å². The van der Waals surface area contributed by atoms with Crippen LogP contribution in [0.15, 0.2) is 47.4 Å². The van der Waals surface area contributed by atoms with Crippen molar-refractivity contribution < 1.29 is 22.9 Å². The Labute approximate surface area is 162 Å². The van der Waals surface area contributed by atoms with Crippen molar-refractivity contribution in [2.24, 2.45) is 0 Å². The predicted octanol–water partition coefficient (Wildman–Crippen LogP) is 3.30. The molecule has 0 bridgehead atoms. The minimum Gasteiger partial charge on any atom is -0.423 e. The van der Waals surface area contributed by atoms with Crippen molar-refractivity contribution in [3.63, 3.8) is 0 Å². The summed E-state index contributed by atoms with van der Waals surface area (Å²) < 4.78 is 32.4. The van der Waals surface area contributed by atoms with Gasteiger partial charge in [-0.1, -0.05) is 12.5 Å². The maximum Gasteiger partial charge on any atom is 0.343 e. The number of aryl methyl sites for hydroxylation is 1. The van der Waals surface area contributed by atoms with E-state index in [0.717, 1.165) is 19.3 Å². The predicted molar refractivity (Wildman–Crippen MR) is 102 cm³/mol. The van der Waals surface area contributed by atoms with Crippen LogP contribution in [0.5, 0.6) is 5.75 Å². The zero-order valence-electron chi connectivity index (χ0n) is 15.3. The molecule has 0 spiro atoms. The topological polar surface area (TPSA) is 107 Å². The fourth-order valence-electron chi connectivity index (χ4n) is 3.03. The van der Waals surface area contributed by atoms with Crippen molar-refractivity contribution in [2.45, 2.75) is 31.1 Å². The number of benzene rings is 2. The number of nitro benzene ring substituents is 1. The van der Waals surface area contributed by atoms with Gasteiger partial charge in [0.05, 0.1) is 15.4 Å². The van der Waals surface area contributed by atoms with E-state index in [9.17, 15) is 23.3 Å². The molecule has 2 aromatic carbocycles. The molecule has 3 rings (SSSR count). The fraction of sp³-hybridized carbons (Fsp3) is 0.316. The fourth-order valence-corrected chi connectivity index (χ4v) is 4.58. The first kappa shape index (κ1) is 20.0. The number of nitrogens with zero attached hydrogens (tertiary/aromatic N) is 2. The molecule has 1 saturated heterocycles. The van der Waals surface area contributed by atoms with E-state index in [0.29, 0.717) is 18.7 Å². The number of nitro groups is 1. The van der Waals surface area contributed by atoms with Gasteiger partial charge in [0, 0.05) is 25.2 Å². The molecule has 0 N–H and O–H groups in total. The summed E-state index contributed by atoms with van der Waals surface area (Å²) in [4.78, 5) is 22.7. The van der Waals surface area contributed by atoms with Gasteiger partial charge in [-0.05, 0) is 49.6 Å². The van der Waals surface area contributed by atoms with Gasteiger partial charge in [0.2, 0.25) is 10.0 Å². The molecular weight excluding hydrogens is 384 g/mol. The van der Waals surface area contributed by atoms with Crippen molar-refractivity contribution in [2.75, 3.05) is 13.1 Å². The third-order valence-corrected chi connectivity index (χ3v) is 6.53. The van der Waals surface area contributed by atoms with Crippen LogP contribution in [0.1, 0.15) is 35.2 Å². The van der Waals surface area contributed by atoms with Crippen LogP contribution in [0, 0.1) is 17.0 Å². The monoisotopic (exact) mass is 404 g/mol. The van der Waals surface area contributed by atoms with Crippen LogP contribution in [-0.4, -0.2) is 36.7 Å². The Balaban J connectivity index is 1.84. The van der Waals surface area contributed by atoms with Gasteiger partial charge >= 0.3 is 5.97 Å². The third-order valence-electron chi connectivity index (χ3n) is 4.64. The quantitative estimate of drug-likeness (QED) is 0.328. The second-order valence-electron chi connectivity index (χ2n) is 6.58. The van der Waals surface area contributed by atoms with Crippen molar-refractivity contribution in [3.05, 3.63) is 63.7 Å². The second kappa shape index (κ2) is 8.07. The molecule has 0 aliphatic carbocycles. The molecule has 2 aromatic rings. The summed E-state index contributed by atoms with van der Waals surface area (Å²) in [6, 6.07) is 9.48. The number of carbonyl (C=O) groups is 1. The van der Waals surface area contributed by atoms with E-state index >= 15 is 0 Å². The first-order chi connectivity index (χ1) is 13.3. The number of hydrogen-bond donors (Lipinski definition) is 0. The summed E-state index contributed by atoms with van der Waals surface area (Å²) in [7, 11) is -3.67. The van der Waals surface area contributed by atoms with Crippen molar-refractivity contribution >= 4 is 21.7 Å². The molecule has 9 heteroatoms. The second-order valence-corrected chi connectivity index (χ2v) is 8.52. The van der Waals surface area contributed by atoms with Crippen LogP contribution >= 0.6 is 0 Å². The van der Waals surface area contributed by atoms with Gasteiger partial charge in [0.25, 0.3) is 5.69 Å². The summed E-state index contributed by atoms with van der Waals surface area (Å²) in [5.74, 6) is -0.582. The molecule has 1 aliphatic heterocycles. The molecule has 0 atom stereocenters. The number of ether oxygens (including phenoxy) is 1. The van der Waals surface area contributed by atoms with Crippen molar-refractivity contribution in [3.8, 4) is 5.75 Å². The number of esters is 1. The Morgan fingerprint density at radius 2 is 1.71 bits per heavy atom. The van der Waals surface area contributed by atoms with E-state index in [4.69, 9.17) is 4.74 Å². The summed E-state index contributed by atoms with van der Waals surface area (Å²) in [6.45, 7) is 2.63. The highest BCUT2D eigenvalue weighted by Gasteiger charge is 2.27. The molecule has 0 unspecified atom stereocenters.